The van der Waals surface area contributed by atoms with Crippen LogP contribution in [0, 0.1) is 0 Å². The van der Waals surface area contributed by atoms with Crippen LogP contribution in [0.4, 0.5) is 0 Å². The molecule has 0 fully saturated rings. The molecule has 0 aromatic heterocycles. The van der Waals surface area contributed by atoms with Gasteiger partial charge in [0, 0.05) is 6.54 Å². The van der Waals surface area contributed by atoms with Gasteiger partial charge in [-0.05, 0) is 12.1 Å². The van der Waals surface area contributed by atoms with Crippen LogP contribution in [0.15, 0.2) is 30.3 Å². The number of hydrogen-bond acceptors (Lipinski definition) is 3. The van der Waals surface area contributed by atoms with E-state index in [1.165, 1.54) is 0 Å². The highest BCUT2D eigenvalue weighted by atomic mass is 16.5. The lowest BCUT2D eigenvalue weighted by Crippen LogP contribution is -2.10. The second-order valence-electron chi connectivity index (χ2n) is 1.95. The molecule has 0 heterocycles. The lowest BCUT2D eigenvalue weighted by molar-refractivity contribution is -0.0979. The summed E-state index contributed by atoms with van der Waals surface area (Å²) in [7, 11) is 0. The number of carbonyl (C=O) groups excluding carboxylic acids is 1. The first-order chi connectivity index (χ1) is 5.93. The third kappa shape index (κ3) is 4.46. The maximum atomic E-state index is 8.00. The van der Waals surface area contributed by atoms with Crippen LogP contribution in [-0.2, 0) is 4.79 Å². The summed E-state index contributed by atoms with van der Waals surface area (Å²) in [5, 5.41) is 0. The fraction of sp³-hybridized carbons (Fsp3) is 0.222. The molecule has 0 atom stereocenters. The zero-order chi connectivity index (χ0) is 9.23. The third-order valence-corrected chi connectivity index (χ3v) is 1.13. The molecule has 0 radical (unpaired) electrons. The Morgan fingerprint density at radius 3 is 2.33 bits per heavy atom. The van der Waals surface area contributed by atoms with E-state index in [-0.39, 0.29) is 0 Å². The van der Waals surface area contributed by atoms with E-state index < -0.39 is 0 Å². The second-order valence-corrected chi connectivity index (χ2v) is 1.95. The van der Waals surface area contributed by atoms with E-state index in [9.17, 15) is 0 Å². The van der Waals surface area contributed by atoms with Gasteiger partial charge in [-0.2, -0.15) is 0 Å². The first-order valence-corrected chi connectivity index (χ1v) is 3.60. The summed E-state index contributed by atoms with van der Waals surface area (Å²) >= 11 is 0. The Morgan fingerprint density at radius 1 is 1.25 bits per heavy atom. The van der Waals surface area contributed by atoms with Gasteiger partial charge in [0.2, 0.25) is 0 Å². The molecule has 0 bridgehead atoms. The Hall–Kier alpha value is -1.35. The lowest BCUT2D eigenvalue weighted by atomic mass is 10.3. The molecule has 2 N–H and O–H groups in total. The molecule has 3 heteroatoms. The molecule has 1 rings (SSSR count). The van der Waals surface area contributed by atoms with Crippen molar-refractivity contribution in [2.75, 3.05) is 13.2 Å². The molecule has 0 saturated carbocycles. The van der Waals surface area contributed by atoms with Gasteiger partial charge in [0.25, 0.3) is 0 Å². The van der Waals surface area contributed by atoms with Gasteiger partial charge < -0.3 is 15.3 Å². The molecule has 66 valence electrons. The van der Waals surface area contributed by atoms with Crippen molar-refractivity contribution in [3.8, 4) is 5.75 Å². The molecule has 1 aromatic carbocycles. The summed E-state index contributed by atoms with van der Waals surface area (Å²) in [6, 6.07) is 9.65. The molecule has 0 saturated heterocycles. The van der Waals surface area contributed by atoms with E-state index in [0.29, 0.717) is 13.2 Å². The molecule has 0 unspecified atom stereocenters. The molecule has 0 amide bonds. The van der Waals surface area contributed by atoms with E-state index >= 15 is 0 Å². The smallest absolute Gasteiger partial charge is 0.119 e. The minimum absolute atomic E-state index is 0.564. The topological polar surface area (TPSA) is 52.3 Å². The number of hydrogen-bond donors (Lipinski definition) is 1. The highest BCUT2D eigenvalue weighted by molar-refractivity contribution is 5.20. The Labute approximate surface area is 72.1 Å². The predicted octanol–water partition coefficient (Wildman–Crippen LogP) is 0.839. The van der Waals surface area contributed by atoms with Gasteiger partial charge in [-0.3, -0.25) is 0 Å². The molecule has 0 aliphatic heterocycles. The predicted molar refractivity (Wildman–Crippen MR) is 48.1 cm³/mol. The van der Waals surface area contributed by atoms with Crippen molar-refractivity contribution in [1.82, 2.24) is 0 Å². The van der Waals surface area contributed by atoms with Crippen LogP contribution in [0.1, 0.15) is 0 Å². The maximum absolute atomic E-state index is 8.00. The van der Waals surface area contributed by atoms with Crippen LogP contribution < -0.4 is 10.5 Å². The number of nitrogens with two attached hydrogens (primary N) is 1. The summed E-state index contributed by atoms with van der Waals surface area (Å²) in [4.78, 5) is 8.00. The highest BCUT2D eigenvalue weighted by Gasteiger charge is 1.86. The molecule has 12 heavy (non-hydrogen) atoms. The van der Waals surface area contributed by atoms with E-state index in [0.717, 1.165) is 5.75 Å². The Morgan fingerprint density at radius 2 is 1.83 bits per heavy atom. The van der Waals surface area contributed by atoms with Crippen molar-refractivity contribution in [2.24, 2.45) is 5.73 Å². The number of para-hydroxylation sites is 1. The largest absolute Gasteiger partial charge is 0.492 e. The van der Waals surface area contributed by atoms with Crippen molar-refractivity contribution >= 4 is 6.79 Å². The van der Waals surface area contributed by atoms with Crippen LogP contribution in [-0.4, -0.2) is 19.9 Å². The van der Waals surface area contributed by atoms with Gasteiger partial charge >= 0.3 is 0 Å². The van der Waals surface area contributed by atoms with Gasteiger partial charge in [0.1, 0.15) is 19.1 Å². The number of rotatable bonds is 3. The SMILES string of the molecule is C=O.NCCOc1ccccc1. The Bertz CT molecular complexity index is 189. The Balaban J connectivity index is 0.000000561. The molecular weight excluding hydrogens is 154 g/mol. The van der Waals surface area contributed by atoms with Gasteiger partial charge in [-0.1, -0.05) is 18.2 Å². The van der Waals surface area contributed by atoms with Crippen LogP contribution in [0.5, 0.6) is 5.75 Å². The van der Waals surface area contributed by atoms with E-state index in [1.54, 1.807) is 0 Å². The maximum Gasteiger partial charge on any atom is 0.119 e. The van der Waals surface area contributed by atoms with E-state index in [1.807, 2.05) is 37.1 Å². The van der Waals surface area contributed by atoms with Gasteiger partial charge in [0.15, 0.2) is 0 Å². The normalized spacial score (nSPS) is 8.08. The monoisotopic (exact) mass is 167 g/mol. The van der Waals surface area contributed by atoms with Crippen LogP contribution in [0.2, 0.25) is 0 Å². The van der Waals surface area contributed by atoms with Gasteiger partial charge in [-0.25, -0.2) is 0 Å². The highest BCUT2D eigenvalue weighted by Crippen LogP contribution is 2.06. The summed E-state index contributed by atoms with van der Waals surface area (Å²) < 4.78 is 5.23. The van der Waals surface area contributed by atoms with Crippen molar-refractivity contribution in [3.63, 3.8) is 0 Å². The summed E-state index contributed by atoms with van der Waals surface area (Å²) in [5.74, 6) is 0.882. The second kappa shape index (κ2) is 7.75. The van der Waals surface area contributed by atoms with Gasteiger partial charge in [0.05, 0.1) is 0 Å². The van der Waals surface area contributed by atoms with Crippen molar-refractivity contribution in [3.05, 3.63) is 30.3 Å². The van der Waals surface area contributed by atoms with Crippen LogP contribution in [0.25, 0.3) is 0 Å². The summed E-state index contributed by atoms with van der Waals surface area (Å²) in [6.45, 7) is 3.15. The zero-order valence-corrected chi connectivity index (χ0v) is 6.90. The molecule has 0 spiro atoms. The van der Waals surface area contributed by atoms with Gasteiger partial charge in [-0.15, -0.1) is 0 Å². The molecule has 0 aliphatic rings. The van der Waals surface area contributed by atoms with E-state index in [4.69, 9.17) is 15.3 Å². The number of ether oxygens (including phenoxy) is 1. The van der Waals surface area contributed by atoms with Crippen molar-refractivity contribution in [1.29, 1.82) is 0 Å². The lowest BCUT2D eigenvalue weighted by Gasteiger charge is -2.01. The molecule has 0 aliphatic carbocycles. The summed E-state index contributed by atoms with van der Waals surface area (Å²) in [5.41, 5.74) is 5.25. The molecule has 1 aromatic rings. The first-order valence-electron chi connectivity index (χ1n) is 3.60. The fourth-order valence-corrected chi connectivity index (χ4v) is 0.693. The minimum atomic E-state index is 0.564. The fourth-order valence-electron chi connectivity index (χ4n) is 0.693. The van der Waals surface area contributed by atoms with Crippen molar-refractivity contribution < 1.29 is 9.53 Å². The van der Waals surface area contributed by atoms with Crippen molar-refractivity contribution in [2.45, 2.75) is 0 Å². The average Bonchev–Trinajstić information content (AvgIpc) is 2.19. The average molecular weight is 167 g/mol. The standard InChI is InChI=1S/C8H11NO.CH2O/c9-6-7-10-8-4-2-1-3-5-8;1-2/h1-5H,6-7,9H2;1H2. The van der Waals surface area contributed by atoms with Crippen LogP contribution in [0.3, 0.4) is 0 Å². The molecule has 3 nitrogen and oxygen atoms in total. The Kier molecular flexibility index (Phi) is 6.88. The van der Waals surface area contributed by atoms with Crippen LogP contribution >= 0.6 is 0 Å². The quantitative estimate of drug-likeness (QED) is 0.725. The minimum Gasteiger partial charge on any atom is -0.492 e. The zero-order valence-electron chi connectivity index (χ0n) is 6.90. The number of carbonyl (C=O) groups is 1. The van der Waals surface area contributed by atoms with E-state index in [2.05, 4.69) is 0 Å². The summed E-state index contributed by atoms with van der Waals surface area (Å²) in [6.07, 6.45) is 0. The third-order valence-electron chi connectivity index (χ3n) is 1.13. The molecular formula is C9H13NO2. The number of benzene rings is 1. The first kappa shape index (κ1) is 10.7.